The molecule has 2 heterocycles. The van der Waals surface area contributed by atoms with E-state index in [4.69, 9.17) is 14.0 Å². The Bertz CT molecular complexity index is 714. The molecule has 1 aromatic carbocycles. The van der Waals surface area contributed by atoms with Gasteiger partial charge in [-0.15, -0.1) is 0 Å². The third-order valence-corrected chi connectivity index (χ3v) is 6.09. The Labute approximate surface area is 169 Å². The second-order valence-electron chi connectivity index (χ2n) is 10.4. The molecule has 2 aliphatic rings. The van der Waals surface area contributed by atoms with Gasteiger partial charge < -0.3 is 18.9 Å². The predicted octanol–water partition coefficient (Wildman–Crippen LogP) is 4.62. The minimum atomic E-state index is -0.503. The van der Waals surface area contributed by atoms with E-state index in [0.717, 1.165) is 6.42 Å². The van der Waals surface area contributed by atoms with E-state index in [1.165, 1.54) is 11.1 Å². The van der Waals surface area contributed by atoms with Crippen LogP contribution in [-0.2, 0) is 20.5 Å². The van der Waals surface area contributed by atoms with Crippen molar-refractivity contribution in [2.45, 2.75) is 83.9 Å². The maximum atomic E-state index is 12.5. The van der Waals surface area contributed by atoms with Gasteiger partial charge in [0.25, 0.3) is 0 Å². The number of ether oxygens (including phenoxy) is 1. The Morgan fingerprint density at radius 2 is 1.57 bits per heavy atom. The van der Waals surface area contributed by atoms with Crippen LogP contribution < -0.4 is 0 Å². The van der Waals surface area contributed by atoms with Gasteiger partial charge >= 0.3 is 13.2 Å². The smallest absolute Gasteiger partial charge is 0.444 e. The number of rotatable bonds is 3. The van der Waals surface area contributed by atoms with Crippen molar-refractivity contribution in [2.75, 3.05) is 13.1 Å². The highest BCUT2D eigenvalue weighted by atomic mass is 16.7. The predicted molar refractivity (Wildman–Crippen MR) is 111 cm³/mol. The molecule has 2 aliphatic heterocycles. The molecule has 6 heteroatoms. The summed E-state index contributed by atoms with van der Waals surface area (Å²) in [7, 11) is -0.363. The normalized spacial score (nSPS) is 22.7. The highest BCUT2D eigenvalue weighted by Crippen LogP contribution is 2.51. The van der Waals surface area contributed by atoms with Crippen LogP contribution in [0.1, 0.15) is 59.6 Å². The molecule has 0 aromatic heterocycles. The van der Waals surface area contributed by atoms with Crippen LogP contribution in [0.5, 0.6) is 0 Å². The largest absolute Gasteiger partial charge is 0.468 e. The maximum Gasteiger partial charge on any atom is 0.468 e. The Balaban J connectivity index is 1.81. The zero-order chi connectivity index (χ0) is 21.0. The lowest BCUT2D eigenvalue weighted by Gasteiger charge is -2.50. The number of carbonyl (C=O) groups is 1. The average molecular weight is 387 g/mol. The molecular formula is C22H34BNO4. The van der Waals surface area contributed by atoms with Crippen LogP contribution in [0.25, 0.3) is 0 Å². The molecule has 3 rings (SSSR count). The maximum absolute atomic E-state index is 12.5. The molecule has 2 saturated heterocycles. The van der Waals surface area contributed by atoms with Crippen molar-refractivity contribution in [3.8, 4) is 0 Å². The highest BCUT2D eigenvalue weighted by molar-refractivity contribution is 6.50. The molecule has 2 fully saturated rings. The molecule has 1 amide bonds. The lowest BCUT2D eigenvalue weighted by molar-refractivity contribution is -0.00348. The monoisotopic (exact) mass is 387 g/mol. The number of benzene rings is 1. The average Bonchev–Trinajstić information content (AvgIpc) is 2.71. The molecule has 0 N–H and O–H groups in total. The van der Waals surface area contributed by atoms with Gasteiger partial charge in [-0.1, -0.05) is 29.8 Å². The van der Waals surface area contributed by atoms with E-state index in [0.29, 0.717) is 13.1 Å². The topological polar surface area (TPSA) is 48.0 Å². The SMILES string of the molecule is Cc1ccc(CC2(B3OC(C)(C)C(C)(C)O3)CN(C(=O)OC(C)(C)C)C2)cc1. The lowest BCUT2D eigenvalue weighted by Crippen LogP contribution is -2.62. The summed E-state index contributed by atoms with van der Waals surface area (Å²) in [6.45, 7) is 17.1. The van der Waals surface area contributed by atoms with E-state index < -0.39 is 16.8 Å². The second kappa shape index (κ2) is 6.77. The van der Waals surface area contributed by atoms with Crippen molar-refractivity contribution in [2.24, 2.45) is 0 Å². The molecule has 0 bridgehead atoms. The Morgan fingerprint density at radius 1 is 1.07 bits per heavy atom. The summed E-state index contributed by atoms with van der Waals surface area (Å²) >= 11 is 0. The summed E-state index contributed by atoms with van der Waals surface area (Å²) in [4.78, 5) is 14.3. The molecular weight excluding hydrogens is 353 g/mol. The van der Waals surface area contributed by atoms with E-state index >= 15 is 0 Å². The number of likely N-dealkylation sites (tertiary alicyclic amines) is 1. The van der Waals surface area contributed by atoms with Crippen molar-refractivity contribution >= 4 is 13.2 Å². The zero-order valence-electron chi connectivity index (χ0n) is 18.6. The Hall–Kier alpha value is -1.53. The van der Waals surface area contributed by atoms with Crippen LogP contribution >= 0.6 is 0 Å². The van der Waals surface area contributed by atoms with Gasteiger partial charge in [-0.25, -0.2) is 4.79 Å². The first-order valence-electron chi connectivity index (χ1n) is 10.1. The molecule has 0 spiro atoms. The summed E-state index contributed by atoms with van der Waals surface area (Å²) in [5.41, 5.74) is 1.16. The molecule has 0 aliphatic carbocycles. The van der Waals surface area contributed by atoms with Crippen LogP contribution in [0, 0.1) is 6.92 Å². The Morgan fingerprint density at radius 3 is 2.04 bits per heavy atom. The summed E-state index contributed by atoms with van der Waals surface area (Å²) in [6.07, 6.45) is 0.521. The van der Waals surface area contributed by atoms with Crippen LogP contribution in [-0.4, -0.2) is 48.0 Å². The van der Waals surface area contributed by atoms with Gasteiger partial charge in [-0.05, 0) is 67.4 Å². The van der Waals surface area contributed by atoms with Gasteiger partial charge in [0.05, 0.1) is 11.2 Å². The third-order valence-electron chi connectivity index (χ3n) is 6.09. The molecule has 28 heavy (non-hydrogen) atoms. The van der Waals surface area contributed by atoms with Crippen LogP contribution in [0.4, 0.5) is 4.79 Å². The Kier molecular flexibility index (Phi) is 5.12. The lowest BCUT2D eigenvalue weighted by atomic mass is 9.50. The summed E-state index contributed by atoms with van der Waals surface area (Å²) in [5.74, 6) is 0. The van der Waals surface area contributed by atoms with Crippen LogP contribution in [0.2, 0.25) is 5.31 Å². The van der Waals surface area contributed by atoms with Gasteiger partial charge in [0.1, 0.15) is 5.60 Å². The summed E-state index contributed by atoms with van der Waals surface area (Å²) in [6, 6.07) is 8.55. The molecule has 154 valence electrons. The fraction of sp³-hybridized carbons (Fsp3) is 0.682. The zero-order valence-corrected chi connectivity index (χ0v) is 18.6. The molecule has 0 atom stereocenters. The molecule has 5 nitrogen and oxygen atoms in total. The number of nitrogens with zero attached hydrogens (tertiary/aromatic N) is 1. The van der Waals surface area contributed by atoms with Crippen molar-refractivity contribution < 1.29 is 18.8 Å². The van der Waals surface area contributed by atoms with Crippen LogP contribution in [0.3, 0.4) is 0 Å². The number of hydrogen-bond acceptors (Lipinski definition) is 4. The van der Waals surface area contributed by atoms with Gasteiger partial charge in [-0.3, -0.25) is 0 Å². The van der Waals surface area contributed by atoms with Gasteiger partial charge in [0.15, 0.2) is 0 Å². The van der Waals surface area contributed by atoms with Crippen molar-refractivity contribution in [1.82, 2.24) is 4.90 Å². The van der Waals surface area contributed by atoms with Gasteiger partial charge in [0.2, 0.25) is 0 Å². The molecule has 0 radical (unpaired) electrons. The first kappa shape index (κ1) is 21.2. The van der Waals surface area contributed by atoms with Crippen molar-refractivity contribution in [1.29, 1.82) is 0 Å². The fourth-order valence-electron chi connectivity index (χ4n) is 3.72. The van der Waals surface area contributed by atoms with E-state index in [2.05, 4.69) is 58.9 Å². The van der Waals surface area contributed by atoms with Gasteiger partial charge in [0, 0.05) is 18.4 Å². The van der Waals surface area contributed by atoms with Gasteiger partial charge in [-0.2, -0.15) is 0 Å². The summed E-state index contributed by atoms with van der Waals surface area (Å²) < 4.78 is 18.3. The quantitative estimate of drug-likeness (QED) is 0.710. The number of carbonyl (C=O) groups excluding carboxylic acids is 1. The highest BCUT2D eigenvalue weighted by Gasteiger charge is 2.64. The van der Waals surface area contributed by atoms with Crippen LogP contribution in [0.15, 0.2) is 24.3 Å². The molecule has 1 aromatic rings. The third kappa shape index (κ3) is 4.08. The molecule has 0 saturated carbocycles. The number of amides is 1. The van der Waals surface area contributed by atoms with E-state index in [1.807, 2.05) is 20.8 Å². The first-order valence-corrected chi connectivity index (χ1v) is 10.1. The van der Waals surface area contributed by atoms with Crippen molar-refractivity contribution in [3.05, 3.63) is 35.4 Å². The first-order chi connectivity index (χ1) is 12.7. The van der Waals surface area contributed by atoms with E-state index in [9.17, 15) is 4.79 Å². The minimum absolute atomic E-state index is 0.274. The number of hydrogen-bond donors (Lipinski definition) is 0. The van der Waals surface area contributed by atoms with E-state index in [1.54, 1.807) is 4.90 Å². The summed E-state index contributed by atoms with van der Waals surface area (Å²) in [5, 5.41) is -0.281. The fourth-order valence-corrected chi connectivity index (χ4v) is 3.72. The number of aryl methyl sites for hydroxylation is 1. The second-order valence-corrected chi connectivity index (χ2v) is 10.4. The molecule has 0 unspecified atom stereocenters. The van der Waals surface area contributed by atoms with E-state index in [-0.39, 0.29) is 18.5 Å². The van der Waals surface area contributed by atoms with Crippen molar-refractivity contribution in [3.63, 3.8) is 0 Å². The standard InChI is InChI=1S/C22H34BNO4/c1-16-9-11-17(12-10-16)13-22(23-27-20(5,6)21(7,8)28-23)14-24(15-22)18(25)26-19(2,3)4/h9-12H,13-15H2,1-8H3. The minimum Gasteiger partial charge on any atom is -0.444 e.